The van der Waals surface area contributed by atoms with Crippen molar-refractivity contribution in [2.75, 3.05) is 26.2 Å². The summed E-state index contributed by atoms with van der Waals surface area (Å²) in [6, 6.07) is 0. The fraction of sp³-hybridized carbons (Fsp3) is 0.800. The third-order valence-corrected chi connectivity index (χ3v) is 6.58. The van der Waals surface area contributed by atoms with Gasteiger partial charge in [-0.2, -0.15) is 0 Å². The lowest BCUT2D eigenvalue weighted by atomic mass is 9.68. The van der Waals surface area contributed by atoms with Gasteiger partial charge in [0.25, 0.3) is 0 Å². The Labute approximate surface area is 174 Å². The normalized spacial score (nSPS) is 23.8. The maximum Gasteiger partial charge on any atom is 0.0851 e. The predicted octanol–water partition coefficient (Wildman–Crippen LogP) is 6.14. The van der Waals surface area contributed by atoms with Gasteiger partial charge in [-0.1, -0.05) is 102 Å². The van der Waals surface area contributed by atoms with Crippen molar-refractivity contribution >= 4 is 6.34 Å². The number of unbranched alkanes of at least 4 members (excludes halogenated alkanes) is 10. The summed E-state index contributed by atoms with van der Waals surface area (Å²) >= 11 is 0. The van der Waals surface area contributed by atoms with Crippen molar-refractivity contribution in [3.8, 4) is 0 Å². The summed E-state index contributed by atoms with van der Waals surface area (Å²) in [4.78, 5) is 6.71. The van der Waals surface area contributed by atoms with Crippen molar-refractivity contribution in [2.24, 2.45) is 16.3 Å². The van der Waals surface area contributed by atoms with Crippen LogP contribution in [0.4, 0.5) is 0 Å². The standard InChI is InChI=1S/C25H44N2O/c1-2-3-4-5-6-7-8-9-10-11-12-15-24-16-13-14-17-25(24,18-21-28)22-27-20-19-26-23-27/h13-14,16-17,23-24,28H,2-12,15,18-22H2,1H3. The first-order valence-electron chi connectivity index (χ1n) is 12.0. The first-order chi connectivity index (χ1) is 13.8. The number of allylic oxidation sites excluding steroid dienone is 3. The smallest absolute Gasteiger partial charge is 0.0851 e. The van der Waals surface area contributed by atoms with Gasteiger partial charge in [0.1, 0.15) is 0 Å². The molecular formula is C25H44N2O. The molecule has 2 unspecified atom stereocenters. The molecule has 1 N–H and O–H groups in total. The molecule has 0 aromatic carbocycles. The van der Waals surface area contributed by atoms with Crippen LogP contribution >= 0.6 is 0 Å². The lowest BCUT2D eigenvalue weighted by Crippen LogP contribution is -2.41. The molecule has 0 saturated heterocycles. The molecule has 0 spiro atoms. The van der Waals surface area contributed by atoms with Crippen molar-refractivity contribution in [3.63, 3.8) is 0 Å². The highest BCUT2D eigenvalue weighted by atomic mass is 16.3. The molecule has 0 radical (unpaired) electrons. The molecule has 3 heteroatoms. The molecule has 1 aliphatic heterocycles. The van der Waals surface area contributed by atoms with E-state index in [4.69, 9.17) is 0 Å². The summed E-state index contributed by atoms with van der Waals surface area (Å²) < 4.78 is 0. The molecule has 0 aromatic rings. The zero-order chi connectivity index (χ0) is 19.9. The minimum Gasteiger partial charge on any atom is -0.396 e. The maximum absolute atomic E-state index is 9.73. The Kier molecular flexibility index (Phi) is 11.6. The summed E-state index contributed by atoms with van der Waals surface area (Å²) in [7, 11) is 0. The van der Waals surface area contributed by atoms with Gasteiger partial charge in [-0.3, -0.25) is 4.99 Å². The van der Waals surface area contributed by atoms with Crippen molar-refractivity contribution in [3.05, 3.63) is 24.3 Å². The molecular weight excluding hydrogens is 344 g/mol. The molecule has 1 heterocycles. The minimum atomic E-state index is 0.0678. The average molecular weight is 389 g/mol. The third kappa shape index (κ3) is 8.11. The Morgan fingerprint density at radius 3 is 2.25 bits per heavy atom. The van der Waals surface area contributed by atoms with Crippen LogP contribution in [0.2, 0.25) is 0 Å². The van der Waals surface area contributed by atoms with Gasteiger partial charge < -0.3 is 10.0 Å². The molecule has 2 atom stereocenters. The van der Waals surface area contributed by atoms with Gasteiger partial charge in [0.15, 0.2) is 0 Å². The molecule has 160 valence electrons. The molecule has 0 aromatic heterocycles. The lowest BCUT2D eigenvalue weighted by Gasteiger charge is -2.41. The summed E-state index contributed by atoms with van der Waals surface area (Å²) in [6.45, 7) is 5.47. The molecule has 0 fully saturated rings. The number of hydrogen-bond acceptors (Lipinski definition) is 3. The van der Waals surface area contributed by atoms with Crippen LogP contribution < -0.4 is 0 Å². The van der Waals surface area contributed by atoms with E-state index in [1.165, 1.54) is 77.0 Å². The van der Waals surface area contributed by atoms with Crippen molar-refractivity contribution in [1.29, 1.82) is 0 Å². The van der Waals surface area contributed by atoms with Gasteiger partial charge >= 0.3 is 0 Å². The molecule has 0 saturated carbocycles. The second kappa shape index (κ2) is 14.0. The zero-order valence-electron chi connectivity index (χ0n) is 18.3. The Morgan fingerprint density at radius 1 is 0.964 bits per heavy atom. The highest BCUT2D eigenvalue weighted by Crippen LogP contribution is 2.41. The largest absolute Gasteiger partial charge is 0.396 e. The Morgan fingerprint density at radius 2 is 1.64 bits per heavy atom. The van der Waals surface area contributed by atoms with E-state index in [1.807, 2.05) is 6.34 Å². The van der Waals surface area contributed by atoms with Crippen LogP contribution in [0.1, 0.15) is 90.4 Å². The summed E-state index contributed by atoms with van der Waals surface area (Å²) in [5, 5.41) is 9.73. The predicted molar refractivity (Wildman–Crippen MR) is 122 cm³/mol. The number of aliphatic hydroxyl groups excluding tert-OH is 1. The quantitative estimate of drug-likeness (QED) is 0.322. The number of hydrogen-bond donors (Lipinski definition) is 1. The van der Waals surface area contributed by atoms with E-state index in [0.29, 0.717) is 5.92 Å². The fourth-order valence-electron chi connectivity index (χ4n) is 4.81. The highest BCUT2D eigenvalue weighted by molar-refractivity contribution is 5.57. The molecule has 2 aliphatic rings. The van der Waals surface area contributed by atoms with E-state index in [0.717, 1.165) is 26.1 Å². The number of nitrogens with zero attached hydrogens (tertiary/aromatic N) is 2. The number of rotatable bonds is 16. The molecule has 3 nitrogen and oxygen atoms in total. The van der Waals surface area contributed by atoms with Crippen LogP contribution in [0.3, 0.4) is 0 Å². The van der Waals surface area contributed by atoms with Crippen LogP contribution in [0.5, 0.6) is 0 Å². The van der Waals surface area contributed by atoms with Crippen molar-refractivity contribution in [1.82, 2.24) is 4.90 Å². The van der Waals surface area contributed by atoms with Gasteiger partial charge in [0, 0.05) is 25.1 Å². The molecule has 0 amide bonds. The highest BCUT2D eigenvalue weighted by Gasteiger charge is 2.37. The van der Waals surface area contributed by atoms with Gasteiger partial charge in [-0.25, -0.2) is 0 Å². The van der Waals surface area contributed by atoms with Crippen molar-refractivity contribution < 1.29 is 5.11 Å². The van der Waals surface area contributed by atoms with Gasteiger partial charge in [-0.05, 0) is 18.8 Å². The molecule has 2 rings (SSSR count). The van der Waals surface area contributed by atoms with E-state index in [2.05, 4.69) is 41.1 Å². The van der Waals surface area contributed by atoms with E-state index < -0.39 is 0 Å². The average Bonchev–Trinajstić information content (AvgIpc) is 3.20. The lowest BCUT2D eigenvalue weighted by molar-refractivity contribution is 0.142. The van der Waals surface area contributed by atoms with Gasteiger partial charge in [0.05, 0.1) is 12.9 Å². The number of aliphatic hydroxyl groups is 1. The van der Waals surface area contributed by atoms with Gasteiger partial charge in [-0.15, -0.1) is 0 Å². The second-order valence-electron chi connectivity index (χ2n) is 8.87. The fourth-order valence-corrected chi connectivity index (χ4v) is 4.81. The van der Waals surface area contributed by atoms with Crippen LogP contribution in [0.25, 0.3) is 0 Å². The van der Waals surface area contributed by atoms with Crippen LogP contribution in [0, 0.1) is 11.3 Å². The van der Waals surface area contributed by atoms with E-state index in [9.17, 15) is 5.11 Å². The summed E-state index contributed by atoms with van der Waals surface area (Å²) in [6.07, 6.45) is 28.6. The Balaban J connectivity index is 1.64. The topological polar surface area (TPSA) is 35.8 Å². The van der Waals surface area contributed by atoms with E-state index >= 15 is 0 Å². The van der Waals surface area contributed by atoms with Crippen LogP contribution in [-0.2, 0) is 0 Å². The SMILES string of the molecule is CCCCCCCCCCCCCC1C=CC=CC1(CCO)CN1C=NCC1. The third-order valence-electron chi connectivity index (χ3n) is 6.58. The molecule has 1 aliphatic carbocycles. The summed E-state index contributed by atoms with van der Waals surface area (Å²) in [5.41, 5.74) is 0.0678. The Hall–Kier alpha value is -1.09. The Bertz CT molecular complexity index is 485. The first-order valence-corrected chi connectivity index (χ1v) is 12.0. The maximum atomic E-state index is 9.73. The first kappa shape index (κ1) is 23.2. The minimum absolute atomic E-state index is 0.0678. The monoisotopic (exact) mass is 388 g/mol. The van der Waals surface area contributed by atoms with E-state index in [-0.39, 0.29) is 12.0 Å². The molecule has 28 heavy (non-hydrogen) atoms. The van der Waals surface area contributed by atoms with Crippen LogP contribution in [0.15, 0.2) is 29.3 Å². The zero-order valence-corrected chi connectivity index (χ0v) is 18.3. The molecule has 0 bridgehead atoms. The second-order valence-corrected chi connectivity index (χ2v) is 8.87. The number of aliphatic imine (C=N–C) groups is 1. The van der Waals surface area contributed by atoms with Crippen molar-refractivity contribution in [2.45, 2.75) is 90.4 Å². The van der Waals surface area contributed by atoms with Crippen LogP contribution in [-0.4, -0.2) is 42.6 Å². The van der Waals surface area contributed by atoms with E-state index in [1.54, 1.807) is 0 Å². The summed E-state index contributed by atoms with van der Waals surface area (Å²) in [5.74, 6) is 0.539. The van der Waals surface area contributed by atoms with Gasteiger partial charge in [0.2, 0.25) is 0 Å².